The van der Waals surface area contributed by atoms with Gasteiger partial charge in [-0.3, -0.25) is 4.79 Å². The number of amides is 1. The molecule has 4 atom stereocenters. The summed E-state index contributed by atoms with van der Waals surface area (Å²) < 4.78 is 0. The van der Waals surface area contributed by atoms with Crippen LogP contribution in [0.15, 0.2) is 24.3 Å². The third-order valence-electron chi connectivity index (χ3n) is 9.13. The van der Waals surface area contributed by atoms with E-state index in [1.165, 1.54) is 122 Å². The molecule has 6 heteroatoms. The number of hydrogen-bond acceptors (Lipinski definition) is 5. The first-order chi connectivity index (χ1) is 22.5. The minimum Gasteiger partial charge on any atom is -0.394 e. The van der Waals surface area contributed by atoms with Gasteiger partial charge in [-0.25, -0.2) is 0 Å². The van der Waals surface area contributed by atoms with E-state index in [1.807, 2.05) is 0 Å². The molecule has 0 rings (SSSR count). The first-order valence-electron chi connectivity index (χ1n) is 19.7. The molecule has 0 spiro atoms. The highest BCUT2D eigenvalue weighted by molar-refractivity contribution is 5.80. The normalized spacial score (nSPS) is 14.7. The molecule has 0 aliphatic heterocycles. The van der Waals surface area contributed by atoms with Crippen LogP contribution in [0.2, 0.25) is 0 Å². The van der Waals surface area contributed by atoms with Crippen LogP contribution in [0, 0.1) is 0 Å². The largest absolute Gasteiger partial charge is 0.394 e. The number of carbonyl (C=O) groups excluding carboxylic acids is 1. The zero-order valence-electron chi connectivity index (χ0n) is 30.3. The van der Waals surface area contributed by atoms with Gasteiger partial charge in [0.15, 0.2) is 0 Å². The van der Waals surface area contributed by atoms with E-state index in [2.05, 4.69) is 43.5 Å². The van der Waals surface area contributed by atoms with Crippen LogP contribution in [0.5, 0.6) is 0 Å². The summed E-state index contributed by atoms with van der Waals surface area (Å²) in [7, 11) is 0. The van der Waals surface area contributed by atoms with Gasteiger partial charge < -0.3 is 25.7 Å². The molecule has 0 radical (unpaired) electrons. The number of rotatable bonds is 35. The Bertz CT molecular complexity index is 697. The fraction of sp³-hybridized carbons (Fsp3) is 0.875. The summed E-state index contributed by atoms with van der Waals surface area (Å²) in [5.74, 6) is -0.611. The van der Waals surface area contributed by atoms with Crippen molar-refractivity contribution in [2.24, 2.45) is 0 Å². The predicted octanol–water partition coefficient (Wildman–Crippen LogP) is 9.62. The fourth-order valence-corrected chi connectivity index (χ4v) is 5.93. The Morgan fingerprint density at radius 1 is 0.522 bits per heavy atom. The summed E-state index contributed by atoms with van der Waals surface area (Å²) in [5, 5.41) is 43.4. The number of unbranched alkanes of at least 4 members (excludes halogenated alkanes) is 22. The van der Waals surface area contributed by atoms with Crippen LogP contribution in [-0.2, 0) is 4.79 Å². The van der Waals surface area contributed by atoms with Crippen LogP contribution in [0.1, 0.15) is 194 Å². The van der Waals surface area contributed by atoms with E-state index >= 15 is 0 Å². The van der Waals surface area contributed by atoms with Gasteiger partial charge in [-0.15, -0.1) is 0 Å². The summed E-state index contributed by atoms with van der Waals surface area (Å²) >= 11 is 0. The SMILES string of the molecule is CCCCCCCC/C=C\CCCCC(O)C(=O)NC(CO)C(O)C(O)CCC/C=C/CCCCCCCCCCCCCCC. The van der Waals surface area contributed by atoms with Crippen molar-refractivity contribution in [3.8, 4) is 0 Å². The summed E-state index contributed by atoms with van der Waals surface area (Å²) in [5.41, 5.74) is 0. The average Bonchev–Trinajstić information content (AvgIpc) is 3.06. The van der Waals surface area contributed by atoms with Crippen LogP contribution in [-0.4, -0.2) is 57.3 Å². The smallest absolute Gasteiger partial charge is 0.249 e. The van der Waals surface area contributed by atoms with Gasteiger partial charge in [0, 0.05) is 0 Å². The molecule has 0 aliphatic carbocycles. The lowest BCUT2D eigenvalue weighted by Crippen LogP contribution is -2.53. The molecule has 6 nitrogen and oxygen atoms in total. The number of aliphatic hydroxyl groups is 4. The molecular weight excluding hydrogens is 574 g/mol. The summed E-state index contributed by atoms with van der Waals surface area (Å²) in [6.07, 6.45) is 37.8. The molecule has 5 N–H and O–H groups in total. The zero-order chi connectivity index (χ0) is 33.9. The minimum atomic E-state index is -1.28. The van der Waals surface area contributed by atoms with Crippen LogP contribution in [0.25, 0.3) is 0 Å². The first-order valence-corrected chi connectivity index (χ1v) is 19.7. The van der Waals surface area contributed by atoms with Crippen LogP contribution < -0.4 is 5.32 Å². The van der Waals surface area contributed by atoms with Crippen LogP contribution in [0.4, 0.5) is 0 Å². The maximum Gasteiger partial charge on any atom is 0.249 e. The van der Waals surface area contributed by atoms with Gasteiger partial charge in [-0.1, -0.05) is 154 Å². The molecule has 4 unspecified atom stereocenters. The second-order valence-electron chi connectivity index (χ2n) is 13.6. The molecule has 0 bridgehead atoms. The Morgan fingerprint density at radius 3 is 1.30 bits per heavy atom. The molecule has 0 aromatic heterocycles. The second kappa shape index (κ2) is 35.1. The molecule has 0 aromatic carbocycles. The Labute approximate surface area is 284 Å². The van der Waals surface area contributed by atoms with Crippen molar-refractivity contribution in [1.82, 2.24) is 5.32 Å². The summed E-state index contributed by atoms with van der Waals surface area (Å²) in [6.45, 7) is 4.00. The van der Waals surface area contributed by atoms with Crippen molar-refractivity contribution in [3.63, 3.8) is 0 Å². The van der Waals surface area contributed by atoms with Gasteiger partial charge in [-0.05, 0) is 64.2 Å². The monoisotopic (exact) mass is 652 g/mol. The maximum atomic E-state index is 12.4. The molecule has 0 aliphatic rings. The van der Waals surface area contributed by atoms with Crippen molar-refractivity contribution in [2.45, 2.75) is 218 Å². The Morgan fingerprint density at radius 2 is 0.891 bits per heavy atom. The van der Waals surface area contributed by atoms with Crippen molar-refractivity contribution in [2.75, 3.05) is 6.61 Å². The standard InChI is InChI=1S/C40H77NO5/c1-3-5-7-9-11-13-15-17-18-19-20-21-22-24-25-27-29-31-33-37(43)39(45)36(35-42)41-40(46)38(44)34-32-30-28-26-23-16-14-12-10-8-6-4-2/h23,25-27,36-39,42-45H,3-22,24,28-35H2,1-2H3,(H,41,46)/b26-23-,27-25+. The molecular formula is C40H77NO5. The van der Waals surface area contributed by atoms with Crippen molar-refractivity contribution in [1.29, 1.82) is 0 Å². The number of hydrogen-bond donors (Lipinski definition) is 5. The van der Waals surface area contributed by atoms with E-state index < -0.39 is 36.9 Å². The lowest BCUT2D eigenvalue weighted by Gasteiger charge is -2.27. The summed E-state index contributed by atoms with van der Waals surface area (Å²) in [6, 6.07) is -1.01. The van der Waals surface area contributed by atoms with Crippen LogP contribution in [0.3, 0.4) is 0 Å². The molecule has 0 aromatic rings. The van der Waals surface area contributed by atoms with Gasteiger partial charge >= 0.3 is 0 Å². The number of carbonyl (C=O) groups is 1. The molecule has 0 saturated carbocycles. The van der Waals surface area contributed by atoms with Crippen molar-refractivity contribution in [3.05, 3.63) is 24.3 Å². The number of allylic oxidation sites excluding steroid dienone is 4. The van der Waals surface area contributed by atoms with Crippen molar-refractivity contribution >= 4 is 5.91 Å². The Hall–Kier alpha value is -1.21. The molecule has 0 heterocycles. The van der Waals surface area contributed by atoms with E-state index in [-0.39, 0.29) is 0 Å². The lowest BCUT2D eigenvalue weighted by molar-refractivity contribution is -0.132. The van der Waals surface area contributed by atoms with Gasteiger partial charge in [0.05, 0.1) is 18.8 Å². The third-order valence-corrected chi connectivity index (χ3v) is 9.13. The average molecular weight is 652 g/mol. The van der Waals surface area contributed by atoms with Gasteiger partial charge in [-0.2, -0.15) is 0 Å². The minimum absolute atomic E-state index is 0.333. The maximum absolute atomic E-state index is 12.4. The molecule has 0 saturated heterocycles. The van der Waals surface area contributed by atoms with E-state index in [0.29, 0.717) is 12.8 Å². The molecule has 272 valence electrons. The van der Waals surface area contributed by atoms with E-state index in [1.54, 1.807) is 0 Å². The molecule has 1 amide bonds. The van der Waals surface area contributed by atoms with Gasteiger partial charge in [0.25, 0.3) is 0 Å². The topological polar surface area (TPSA) is 110 Å². The lowest BCUT2D eigenvalue weighted by atomic mass is 10.00. The third kappa shape index (κ3) is 29.0. The van der Waals surface area contributed by atoms with Gasteiger partial charge in [0.1, 0.15) is 12.2 Å². The number of nitrogens with one attached hydrogen (secondary N) is 1. The quantitative estimate of drug-likeness (QED) is 0.0346. The van der Waals surface area contributed by atoms with E-state index in [9.17, 15) is 25.2 Å². The zero-order valence-corrected chi connectivity index (χ0v) is 30.3. The molecule has 46 heavy (non-hydrogen) atoms. The highest BCUT2D eigenvalue weighted by atomic mass is 16.3. The second-order valence-corrected chi connectivity index (χ2v) is 13.6. The highest BCUT2D eigenvalue weighted by Crippen LogP contribution is 2.14. The van der Waals surface area contributed by atoms with Crippen LogP contribution >= 0.6 is 0 Å². The van der Waals surface area contributed by atoms with Crippen molar-refractivity contribution < 1.29 is 25.2 Å². The predicted molar refractivity (Wildman–Crippen MR) is 196 cm³/mol. The Balaban J connectivity index is 3.84. The molecule has 0 fully saturated rings. The Kier molecular flexibility index (Phi) is 34.2. The number of aliphatic hydroxyl groups excluding tert-OH is 4. The van der Waals surface area contributed by atoms with Gasteiger partial charge in [0.2, 0.25) is 5.91 Å². The van der Waals surface area contributed by atoms with E-state index in [0.717, 1.165) is 44.9 Å². The van der Waals surface area contributed by atoms with E-state index in [4.69, 9.17) is 0 Å². The fourth-order valence-electron chi connectivity index (χ4n) is 5.93. The first kappa shape index (κ1) is 44.8. The summed E-state index contributed by atoms with van der Waals surface area (Å²) in [4.78, 5) is 12.4. The highest BCUT2D eigenvalue weighted by Gasteiger charge is 2.28.